The average Bonchev–Trinajstić information content (AvgIpc) is 1.85. The topological polar surface area (TPSA) is 30.0 Å². The van der Waals surface area contributed by atoms with E-state index in [9.17, 15) is 4.79 Å². The van der Waals surface area contributed by atoms with Gasteiger partial charge in [0.15, 0.2) is 0 Å². The maximum Gasteiger partial charge on any atom is 0.134 e. The van der Waals surface area contributed by atoms with Crippen LogP contribution in [0.3, 0.4) is 0 Å². The van der Waals surface area contributed by atoms with E-state index in [0.717, 1.165) is 11.1 Å². The van der Waals surface area contributed by atoms with Gasteiger partial charge in [-0.25, -0.2) is 0 Å². The van der Waals surface area contributed by atoms with Crippen LogP contribution in [-0.4, -0.2) is 10.8 Å². The van der Waals surface area contributed by atoms with Gasteiger partial charge < -0.3 is 0 Å². The van der Waals surface area contributed by atoms with Crippen molar-refractivity contribution in [3.05, 3.63) is 29.6 Å². The minimum Gasteiger partial charge on any atom is -0.300 e. The monoisotopic (exact) mass is 149 g/mol. The van der Waals surface area contributed by atoms with E-state index < -0.39 is 0 Å². The molecule has 11 heavy (non-hydrogen) atoms. The van der Waals surface area contributed by atoms with Crippen LogP contribution in [0.2, 0.25) is 0 Å². The largest absolute Gasteiger partial charge is 0.300 e. The van der Waals surface area contributed by atoms with Crippen molar-refractivity contribution < 1.29 is 4.79 Å². The fourth-order valence-electron chi connectivity index (χ4n) is 1.00. The molecule has 0 N–H and O–H groups in total. The normalized spacial score (nSPS) is 9.64. The minimum absolute atomic E-state index is 0.178. The predicted molar refractivity (Wildman–Crippen MR) is 43.4 cm³/mol. The van der Waals surface area contributed by atoms with Gasteiger partial charge in [-0.05, 0) is 25.0 Å². The smallest absolute Gasteiger partial charge is 0.134 e. The van der Waals surface area contributed by atoms with Crippen molar-refractivity contribution in [2.45, 2.75) is 20.3 Å². The summed E-state index contributed by atoms with van der Waals surface area (Å²) in [5, 5.41) is 0. The van der Waals surface area contributed by atoms with E-state index in [1.165, 1.54) is 0 Å². The van der Waals surface area contributed by atoms with E-state index in [0.29, 0.717) is 6.42 Å². The van der Waals surface area contributed by atoms with Gasteiger partial charge in [0.1, 0.15) is 5.78 Å². The van der Waals surface area contributed by atoms with Gasteiger partial charge >= 0.3 is 0 Å². The molecule has 0 unspecified atom stereocenters. The highest BCUT2D eigenvalue weighted by Crippen LogP contribution is 2.01. The lowest BCUT2D eigenvalue weighted by Crippen LogP contribution is -1.96. The van der Waals surface area contributed by atoms with Crippen molar-refractivity contribution >= 4 is 5.78 Å². The molecule has 0 spiro atoms. The van der Waals surface area contributed by atoms with Crippen LogP contribution >= 0.6 is 0 Å². The third-order valence-electron chi connectivity index (χ3n) is 1.38. The van der Waals surface area contributed by atoms with Gasteiger partial charge in [-0.1, -0.05) is 6.07 Å². The highest BCUT2D eigenvalue weighted by molar-refractivity contribution is 5.78. The molecule has 0 saturated heterocycles. The van der Waals surface area contributed by atoms with Crippen LogP contribution in [0.25, 0.3) is 0 Å². The highest BCUT2D eigenvalue weighted by Gasteiger charge is 1.96. The second-order valence-corrected chi connectivity index (χ2v) is 2.75. The molecular formula is C9H11NO. The van der Waals surface area contributed by atoms with Crippen molar-refractivity contribution in [1.82, 2.24) is 4.98 Å². The first kappa shape index (κ1) is 7.92. The number of aryl methyl sites for hydroxylation is 1. The minimum atomic E-state index is 0.178. The van der Waals surface area contributed by atoms with Gasteiger partial charge in [-0.2, -0.15) is 0 Å². The molecule has 0 fully saturated rings. The molecule has 2 heteroatoms. The molecule has 0 aliphatic rings. The summed E-state index contributed by atoms with van der Waals surface area (Å²) in [5.41, 5.74) is 2.10. The zero-order valence-corrected chi connectivity index (χ0v) is 6.79. The number of carbonyl (C=O) groups is 1. The molecule has 0 amide bonds. The van der Waals surface area contributed by atoms with Gasteiger partial charge in [0, 0.05) is 18.8 Å². The average molecular weight is 149 g/mol. The maximum atomic E-state index is 10.7. The Bertz CT molecular complexity index is 268. The molecule has 0 bridgehead atoms. The van der Waals surface area contributed by atoms with E-state index in [1.807, 2.05) is 13.0 Å². The van der Waals surface area contributed by atoms with Gasteiger partial charge in [0.25, 0.3) is 0 Å². The molecule has 0 radical (unpaired) electrons. The lowest BCUT2D eigenvalue weighted by Gasteiger charge is -1.96. The molecule has 2 nitrogen and oxygen atoms in total. The summed E-state index contributed by atoms with van der Waals surface area (Å²) in [6.07, 6.45) is 4.01. The van der Waals surface area contributed by atoms with E-state index in [4.69, 9.17) is 0 Å². The lowest BCUT2D eigenvalue weighted by molar-refractivity contribution is -0.116. The van der Waals surface area contributed by atoms with Crippen LogP contribution in [0, 0.1) is 6.92 Å². The second kappa shape index (κ2) is 3.28. The predicted octanol–water partition coefficient (Wildman–Crippen LogP) is 1.52. The molecule has 1 aromatic heterocycles. The molecule has 0 saturated carbocycles. The molecular weight excluding hydrogens is 138 g/mol. The number of nitrogens with zero attached hydrogens (tertiary/aromatic N) is 1. The van der Waals surface area contributed by atoms with Crippen LogP contribution in [0.5, 0.6) is 0 Å². The van der Waals surface area contributed by atoms with Gasteiger partial charge in [0.2, 0.25) is 0 Å². The van der Waals surface area contributed by atoms with Gasteiger partial charge in [-0.15, -0.1) is 0 Å². The Morgan fingerprint density at radius 2 is 2.27 bits per heavy atom. The third-order valence-corrected chi connectivity index (χ3v) is 1.38. The number of carbonyl (C=O) groups excluding carboxylic acids is 1. The van der Waals surface area contributed by atoms with Gasteiger partial charge in [0.05, 0.1) is 0 Å². The molecule has 1 aromatic rings. The van der Waals surface area contributed by atoms with Crippen molar-refractivity contribution in [2.75, 3.05) is 0 Å². The Labute approximate surface area is 66.3 Å². The fourth-order valence-corrected chi connectivity index (χ4v) is 1.00. The Hall–Kier alpha value is -1.18. The van der Waals surface area contributed by atoms with Crippen molar-refractivity contribution in [2.24, 2.45) is 0 Å². The number of Topliss-reactive ketones (excluding diaryl/α,β-unsaturated/α-hetero) is 1. The fraction of sp³-hybridized carbons (Fsp3) is 0.333. The SMILES string of the molecule is CC(=O)Cc1cncc(C)c1. The van der Waals surface area contributed by atoms with Crippen molar-refractivity contribution in [1.29, 1.82) is 0 Å². The zero-order valence-electron chi connectivity index (χ0n) is 6.79. The maximum absolute atomic E-state index is 10.7. The molecule has 0 aliphatic heterocycles. The second-order valence-electron chi connectivity index (χ2n) is 2.75. The zero-order chi connectivity index (χ0) is 8.27. The number of pyridine rings is 1. The Balaban J connectivity index is 2.79. The summed E-state index contributed by atoms with van der Waals surface area (Å²) in [4.78, 5) is 14.7. The van der Waals surface area contributed by atoms with Crippen LogP contribution in [0.15, 0.2) is 18.5 Å². The molecule has 0 aliphatic carbocycles. The van der Waals surface area contributed by atoms with Gasteiger partial charge in [-0.3, -0.25) is 9.78 Å². The van der Waals surface area contributed by atoms with E-state index >= 15 is 0 Å². The van der Waals surface area contributed by atoms with Crippen molar-refractivity contribution in [3.8, 4) is 0 Å². The molecule has 0 aromatic carbocycles. The summed E-state index contributed by atoms with van der Waals surface area (Å²) >= 11 is 0. The standard InChI is InChI=1S/C9H11NO/c1-7-3-9(4-8(2)11)6-10-5-7/h3,5-6H,4H2,1-2H3. The number of rotatable bonds is 2. The quantitative estimate of drug-likeness (QED) is 0.638. The summed E-state index contributed by atoms with van der Waals surface area (Å²) in [6, 6.07) is 1.98. The first-order chi connectivity index (χ1) is 5.18. The van der Waals surface area contributed by atoms with E-state index in [1.54, 1.807) is 19.3 Å². The number of hydrogen-bond donors (Lipinski definition) is 0. The number of ketones is 1. The molecule has 1 heterocycles. The third kappa shape index (κ3) is 2.50. The lowest BCUT2D eigenvalue weighted by atomic mass is 10.1. The van der Waals surface area contributed by atoms with E-state index in [2.05, 4.69) is 4.98 Å². The van der Waals surface area contributed by atoms with Crippen LogP contribution in [-0.2, 0) is 11.2 Å². The highest BCUT2D eigenvalue weighted by atomic mass is 16.1. The Kier molecular flexibility index (Phi) is 2.36. The first-order valence-electron chi connectivity index (χ1n) is 3.58. The van der Waals surface area contributed by atoms with Crippen LogP contribution < -0.4 is 0 Å². The number of aromatic nitrogens is 1. The summed E-state index contributed by atoms with van der Waals surface area (Å²) in [7, 11) is 0. The van der Waals surface area contributed by atoms with Crippen molar-refractivity contribution in [3.63, 3.8) is 0 Å². The molecule has 58 valence electrons. The molecule has 0 atom stereocenters. The van der Waals surface area contributed by atoms with E-state index in [-0.39, 0.29) is 5.78 Å². The summed E-state index contributed by atoms with van der Waals surface area (Å²) in [5.74, 6) is 0.178. The van der Waals surface area contributed by atoms with Crippen LogP contribution in [0.1, 0.15) is 18.1 Å². The Morgan fingerprint density at radius 3 is 2.82 bits per heavy atom. The first-order valence-corrected chi connectivity index (χ1v) is 3.58. The van der Waals surface area contributed by atoms with Crippen LogP contribution in [0.4, 0.5) is 0 Å². The molecule has 1 rings (SSSR count). The Morgan fingerprint density at radius 1 is 1.55 bits per heavy atom. The number of hydrogen-bond acceptors (Lipinski definition) is 2. The summed E-state index contributed by atoms with van der Waals surface area (Å²) < 4.78 is 0. The summed E-state index contributed by atoms with van der Waals surface area (Å²) in [6.45, 7) is 3.55.